The Kier molecular flexibility index (Phi) is 5.23. The van der Waals surface area contributed by atoms with Crippen molar-refractivity contribution in [2.45, 2.75) is 19.3 Å². The van der Waals surface area contributed by atoms with Crippen LogP contribution >= 0.6 is 0 Å². The summed E-state index contributed by atoms with van der Waals surface area (Å²) in [5.41, 5.74) is 0.579. The van der Waals surface area contributed by atoms with E-state index in [-0.39, 0.29) is 11.9 Å². The fourth-order valence-electron chi connectivity index (χ4n) is 3.38. The van der Waals surface area contributed by atoms with Gasteiger partial charge >= 0.3 is 6.03 Å². The van der Waals surface area contributed by atoms with Crippen molar-refractivity contribution in [1.82, 2.24) is 14.7 Å². The Morgan fingerprint density at radius 1 is 0.833 bits per heavy atom. The maximum absolute atomic E-state index is 12.7. The fraction of sp³-hybridized carbons (Fsp3) is 0.556. The number of amides is 3. The van der Waals surface area contributed by atoms with Crippen LogP contribution in [-0.4, -0.2) is 73.0 Å². The van der Waals surface area contributed by atoms with E-state index >= 15 is 0 Å². The van der Waals surface area contributed by atoms with Gasteiger partial charge in [0, 0.05) is 39.3 Å². The van der Waals surface area contributed by atoms with Crippen LogP contribution in [0.3, 0.4) is 0 Å². The maximum Gasteiger partial charge on any atom is 0.320 e. The van der Waals surface area contributed by atoms with Gasteiger partial charge in [0.25, 0.3) is 5.91 Å². The van der Waals surface area contributed by atoms with E-state index in [1.165, 1.54) is 6.42 Å². The number of methoxy groups -OCH3 is 1. The monoisotopic (exact) mass is 331 g/mol. The van der Waals surface area contributed by atoms with E-state index in [9.17, 15) is 9.59 Å². The number of rotatable bonds is 2. The molecule has 2 fully saturated rings. The minimum absolute atomic E-state index is 0.0301. The van der Waals surface area contributed by atoms with Crippen molar-refractivity contribution in [2.75, 3.05) is 46.4 Å². The number of likely N-dealkylation sites (tertiary alicyclic amines) is 1. The lowest BCUT2D eigenvalue weighted by atomic mass is 10.1. The lowest BCUT2D eigenvalue weighted by Gasteiger charge is -2.38. The molecule has 0 aromatic heterocycles. The molecule has 0 unspecified atom stereocenters. The van der Waals surface area contributed by atoms with Gasteiger partial charge in [-0.15, -0.1) is 0 Å². The molecular formula is C18H25N3O3. The molecule has 24 heavy (non-hydrogen) atoms. The maximum atomic E-state index is 12.7. The molecule has 1 aromatic rings. The van der Waals surface area contributed by atoms with Crippen molar-refractivity contribution in [3.05, 3.63) is 29.8 Å². The Bertz CT molecular complexity index is 591. The van der Waals surface area contributed by atoms with Gasteiger partial charge in [-0.25, -0.2) is 4.79 Å². The Labute approximate surface area is 143 Å². The van der Waals surface area contributed by atoms with Crippen LogP contribution in [0.15, 0.2) is 24.3 Å². The summed E-state index contributed by atoms with van der Waals surface area (Å²) >= 11 is 0. The van der Waals surface area contributed by atoms with Gasteiger partial charge in [0.2, 0.25) is 0 Å². The van der Waals surface area contributed by atoms with Gasteiger partial charge in [0.05, 0.1) is 12.7 Å². The first kappa shape index (κ1) is 16.6. The highest BCUT2D eigenvalue weighted by Gasteiger charge is 2.29. The number of hydrogen-bond donors (Lipinski definition) is 0. The molecule has 130 valence electrons. The quantitative estimate of drug-likeness (QED) is 0.833. The summed E-state index contributed by atoms with van der Waals surface area (Å²) in [5, 5.41) is 0. The molecule has 2 heterocycles. The number of carbonyl (C=O) groups excluding carboxylic acids is 2. The molecule has 3 rings (SSSR count). The molecule has 2 aliphatic rings. The predicted octanol–water partition coefficient (Wildman–Crippen LogP) is 2.06. The molecule has 0 atom stereocenters. The zero-order chi connectivity index (χ0) is 16.9. The van der Waals surface area contributed by atoms with Gasteiger partial charge in [-0.1, -0.05) is 12.1 Å². The summed E-state index contributed by atoms with van der Waals surface area (Å²) in [6.07, 6.45) is 3.40. The molecule has 1 aromatic carbocycles. The van der Waals surface area contributed by atoms with Gasteiger partial charge in [0.15, 0.2) is 0 Å². The first-order chi connectivity index (χ1) is 11.7. The highest BCUT2D eigenvalue weighted by atomic mass is 16.5. The van der Waals surface area contributed by atoms with Gasteiger partial charge in [-0.2, -0.15) is 0 Å². The Morgan fingerprint density at radius 3 is 2.08 bits per heavy atom. The molecule has 2 aliphatic heterocycles. The van der Waals surface area contributed by atoms with Crippen LogP contribution in [0.5, 0.6) is 5.75 Å². The van der Waals surface area contributed by atoms with E-state index < -0.39 is 0 Å². The van der Waals surface area contributed by atoms with Crippen LogP contribution in [0.2, 0.25) is 0 Å². The van der Waals surface area contributed by atoms with Crippen LogP contribution in [0, 0.1) is 0 Å². The zero-order valence-corrected chi connectivity index (χ0v) is 14.2. The number of ether oxygens (including phenoxy) is 1. The van der Waals surface area contributed by atoms with Crippen LogP contribution in [0.25, 0.3) is 0 Å². The van der Waals surface area contributed by atoms with E-state index in [1.807, 2.05) is 21.9 Å². The second-order valence-corrected chi connectivity index (χ2v) is 6.31. The SMILES string of the molecule is COc1ccccc1C(=O)N1CCN(C(=O)N2CCCCC2)CC1. The van der Waals surface area contributed by atoms with Gasteiger partial charge < -0.3 is 19.4 Å². The van der Waals surface area contributed by atoms with Crippen molar-refractivity contribution < 1.29 is 14.3 Å². The molecule has 0 radical (unpaired) electrons. The van der Waals surface area contributed by atoms with E-state index in [0.717, 1.165) is 25.9 Å². The molecular weight excluding hydrogens is 306 g/mol. The van der Waals surface area contributed by atoms with Crippen molar-refractivity contribution in [3.63, 3.8) is 0 Å². The molecule has 2 saturated heterocycles. The average Bonchev–Trinajstić information content (AvgIpc) is 2.67. The molecule has 0 N–H and O–H groups in total. The second kappa shape index (κ2) is 7.55. The molecule has 0 bridgehead atoms. The summed E-state index contributed by atoms with van der Waals surface area (Å²) in [7, 11) is 1.57. The lowest BCUT2D eigenvalue weighted by molar-refractivity contribution is 0.0630. The van der Waals surface area contributed by atoms with E-state index in [0.29, 0.717) is 37.5 Å². The van der Waals surface area contributed by atoms with Crippen molar-refractivity contribution in [2.24, 2.45) is 0 Å². The van der Waals surface area contributed by atoms with Crippen molar-refractivity contribution in [1.29, 1.82) is 0 Å². The minimum Gasteiger partial charge on any atom is -0.496 e. The summed E-state index contributed by atoms with van der Waals surface area (Å²) in [5.74, 6) is 0.562. The van der Waals surface area contributed by atoms with Crippen molar-refractivity contribution >= 4 is 11.9 Å². The van der Waals surface area contributed by atoms with Gasteiger partial charge in [0.1, 0.15) is 5.75 Å². The number of urea groups is 1. The number of hydrogen-bond acceptors (Lipinski definition) is 3. The van der Waals surface area contributed by atoms with Crippen LogP contribution in [0.4, 0.5) is 4.79 Å². The van der Waals surface area contributed by atoms with Crippen LogP contribution < -0.4 is 4.74 Å². The predicted molar refractivity (Wildman–Crippen MR) is 91.3 cm³/mol. The zero-order valence-electron chi connectivity index (χ0n) is 14.2. The summed E-state index contributed by atoms with van der Waals surface area (Å²) in [4.78, 5) is 30.8. The Morgan fingerprint density at radius 2 is 1.42 bits per heavy atom. The molecule has 0 spiro atoms. The number of piperazine rings is 1. The smallest absolute Gasteiger partial charge is 0.320 e. The molecule has 6 heteroatoms. The Hall–Kier alpha value is -2.24. The third-order valence-electron chi connectivity index (χ3n) is 4.80. The van der Waals surface area contributed by atoms with Crippen molar-refractivity contribution in [3.8, 4) is 5.75 Å². The van der Waals surface area contributed by atoms with Crippen LogP contribution in [-0.2, 0) is 0 Å². The molecule has 3 amide bonds. The first-order valence-corrected chi connectivity index (χ1v) is 8.67. The average molecular weight is 331 g/mol. The fourth-order valence-corrected chi connectivity index (χ4v) is 3.38. The molecule has 0 aliphatic carbocycles. The van der Waals surface area contributed by atoms with E-state index in [4.69, 9.17) is 4.74 Å². The topological polar surface area (TPSA) is 53.1 Å². The largest absolute Gasteiger partial charge is 0.496 e. The first-order valence-electron chi connectivity index (χ1n) is 8.67. The van der Waals surface area contributed by atoms with E-state index in [2.05, 4.69) is 0 Å². The number of carbonyl (C=O) groups is 2. The third-order valence-corrected chi connectivity index (χ3v) is 4.80. The minimum atomic E-state index is -0.0301. The summed E-state index contributed by atoms with van der Waals surface area (Å²) < 4.78 is 5.28. The second-order valence-electron chi connectivity index (χ2n) is 6.31. The third kappa shape index (κ3) is 3.47. The van der Waals surface area contributed by atoms with Gasteiger partial charge in [-0.05, 0) is 31.4 Å². The Balaban J connectivity index is 1.58. The summed E-state index contributed by atoms with van der Waals surface area (Å²) in [6, 6.07) is 7.39. The van der Waals surface area contributed by atoms with Crippen LogP contribution in [0.1, 0.15) is 29.6 Å². The molecule has 6 nitrogen and oxygen atoms in total. The number of piperidine rings is 1. The summed E-state index contributed by atoms with van der Waals surface area (Å²) in [6.45, 7) is 4.04. The highest BCUT2D eigenvalue weighted by molar-refractivity contribution is 5.97. The number of para-hydroxylation sites is 1. The number of nitrogens with zero attached hydrogens (tertiary/aromatic N) is 3. The lowest BCUT2D eigenvalue weighted by Crippen LogP contribution is -2.54. The highest BCUT2D eigenvalue weighted by Crippen LogP contribution is 2.20. The van der Waals surface area contributed by atoms with Gasteiger partial charge in [-0.3, -0.25) is 4.79 Å². The van der Waals surface area contributed by atoms with E-state index in [1.54, 1.807) is 24.1 Å². The number of benzene rings is 1. The normalized spacial score (nSPS) is 18.5. The molecule has 0 saturated carbocycles. The standard InChI is InChI=1S/C18H25N3O3/c1-24-16-8-4-3-7-15(16)17(22)19-11-13-21(14-12-19)18(23)20-9-5-2-6-10-20/h3-4,7-8H,2,5-6,9-14H2,1H3.